The summed E-state index contributed by atoms with van der Waals surface area (Å²) >= 11 is 0. The number of fused-ring (bicyclic) bond motifs is 1. The lowest BCUT2D eigenvalue weighted by Crippen LogP contribution is -2.17. The first kappa shape index (κ1) is 13.3. The van der Waals surface area contributed by atoms with Crippen molar-refractivity contribution in [3.63, 3.8) is 0 Å². The van der Waals surface area contributed by atoms with Crippen molar-refractivity contribution in [2.24, 2.45) is 0 Å². The van der Waals surface area contributed by atoms with Crippen molar-refractivity contribution in [2.75, 3.05) is 6.61 Å². The molecule has 0 amide bonds. The molecule has 0 atom stereocenters. The molecule has 0 unspecified atom stereocenters. The molecule has 2 heterocycles. The SMILES string of the molecule is CCOC(=O)c1cc2cnccc2nc1C(F)(F)F. The van der Waals surface area contributed by atoms with Gasteiger partial charge in [0.1, 0.15) is 0 Å². The van der Waals surface area contributed by atoms with Crippen molar-refractivity contribution in [2.45, 2.75) is 13.1 Å². The van der Waals surface area contributed by atoms with Gasteiger partial charge in [-0.05, 0) is 19.1 Å². The van der Waals surface area contributed by atoms with Crippen LogP contribution < -0.4 is 0 Å². The molecule has 0 aromatic carbocycles. The average Bonchev–Trinajstić information content (AvgIpc) is 2.36. The van der Waals surface area contributed by atoms with E-state index in [1.54, 1.807) is 0 Å². The molecule has 0 aliphatic heterocycles. The van der Waals surface area contributed by atoms with Crippen molar-refractivity contribution in [3.05, 3.63) is 35.8 Å². The highest BCUT2D eigenvalue weighted by Gasteiger charge is 2.38. The zero-order valence-corrected chi connectivity index (χ0v) is 9.86. The topological polar surface area (TPSA) is 52.1 Å². The molecule has 100 valence electrons. The fourth-order valence-electron chi connectivity index (χ4n) is 1.60. The molecule has 0 radical (unpaired) electrons. The van der Waals surface area contributed by atoms with Gasteiger partial charge in [-0.15, -0.1) is 0 Å². The Morgan fingerprint density at radius 3 is 2.79 bits per heavy atom. The number of alkyl halides is 3. The quantitative estimate of drug-likeness (QED) is 0.787. The van der Waals surface area contributed by atoms with E-state index in [0.717, 1.165) is 6.07 Å². The van der Waals surface area contributed by atoms with Crippen LogP contribution in [0.25, 0.3) is 10.9 Å². The lowest BCUT2D eigenvalue weighted by atomic mass is 10.1. The van der Waals surface area contributed by atoms with Crippen LogP contribution in [0.5, 0.6) is 0 Å². The summed E-state index contributed by atoms with van der Waals surface area (Å²) in [5.74, 6) is -1.05. The van der Waals surface area contributed by atoms with E-state index in [-0.39, 0.29) is 12.1 Å². The van der Waals surface area contributed by atoms with Crippen LogP contribution in [-0.4, -0.2) is 22.5 Å². The molecule has 4 nitrogen and oxygen atoms in total. The summed E-state index contributed by atoms with van der Waals surface area (Å²) in [6.07, 6.45) is -2.05. The van der Waals surface area contributed by atoms with Gasteiger partial charge in [-0.3, -0.25) is 4.98 Å². The van der Waals surface area contributed by atoms with E-state index in [2.05, 4.69) is 14.7 Å². The Morgan fingerprint density at radius 2 is 2.16 bits per heavy atom. The number of hydrogen-bond acceptors (Lipinski definition) is 4. The second-order valence-electron chi connectivity index (χ2n) is 3.67. The maximum Gasteiger partial charge on any atom is 0.434 e. The van der Waals surface area contributed by atoms with Gasteiger partial charge in [0, 0.05) is 17.8 Å². The Bertz CT molecular complexity index is 626. The van der Waals surface area contributed by atoms with Gasteiger partial charge in [-0.1, -0.05) is 0 Å². The molecule has 0 saturated carbocycles. The highest BCUT2D eigenvalue weighted by molar-refractivity contribution is 5.95. The number of aromatic nitrogens is 2. The Balaban J connectivity index is 2.67. The average molecular weight is 270 g/mol. The van der Waals surface area contributed by atoms with Gasteiger partial charge in [0.2, 0.25) is 0 Å². The molecule has 7 heteroatoms. The molecule has 0 bridgehead atoms. The summed E-state index contributed by atoms with van der Waals surface area (Å²) in [4.78, 5) is 18.8. The van der Waals surface area contributed by atoms with Crippen LogP contribution >= 0.6 is 0 Å². The predicted molar refractivity (Wildman–Crippen MR) is 60.5 cm³/mol. The molecule has 0 aliphatic rings. The van der Waals surface area contributed by atoms with Gasteiger partial charge in [0.05, 0.1) is 17.7 Å². The summed E-state index contributed by atoms with van der Waals surface area (Å²) in [6.45, 7) is 1.50. The molecule has 2 aromatic rings. The molecule has 0 spiro atoms. The molecule has 19 heavy (non-hydrogen) atoms. The Labute approximate surface area is 106 Å². The number of halogens is 3. The third kappa shape index (κ3) is 2.64. The number of rotatable bonds is 2. The molecular formula is C12H9F3N2O2. The van der Waals surface area contributed by atoms with Crippen molar-refractivity contribution in [1.82, 2.24) is 9.97 Å². The fraction of sp³-hybridized carbons (Fsp3) is 0.250. The van der Waals surface area contributed by atoms with E-state index < -0.39 is 23.4 Å². The van der Waals surface area contributed by atoms with E-state index in [9.17, 15) is 18.0 Å². The summed E-state index contributed by atoms with van der Waals surface area (Å²) in [7, 11) is 0. The summed E-state index contributed by atoms with van der Waals surface area (Å²) in [5, 5.41) is 0.346. The van der Waals surface area contributed by atoms with Crippen molar-refractivity contribution < 1.29 is 22.7 Å². The van der Waals surface area contributed by atoms with Crippen LogP contribution in [-0.2, 0) is 10.9 Å². The Morgan fingerprint density at radius 1 is 1.42 bits per heavy atom. The van der Waals surface area contributed by atoms with Gasteiger partial charge >= 0.3 is 12.1 Å². The first-order valence-corrected chi connectivity index (χ1v) is 5.42. The third-order valence-corrected chi connectivity index (χ3v) is 2.38. The van der Waals surface area contributed by atoms with Crippen LogP contribution in [0.3, 0.4) is 0 Å². The standard InChI is InChI=1S/C12H9F3N2O2/c1-2-19-11(18)8-5-7-6-16-4-3-9(7)17-10(8)12(13,14)15/h3-6H,2H2,1H3. The summed E-state index contributed by atoms with van der Waals surface area (Å²) in [5.41, 5.74) is -1.73. The Hall–Kier alpha value is -2.18. The zero-order chi connectivity index (χ0) is 14.0. The molecular weight excluding hydrogens is 261 g/mol. The van der Waals surface area contributed by atoms with E-state index >= 15 is 0 Å². The normalized spacial score (nSPS) is 11.6. The fourth-order valence-corrected chi connectivity index (χ4v) is 1.60. The van der Waals surface area contributed by atoms with Gasteiger partial charge in [0.15, 0.2) is 5.69 Å². The Kier molecular flexibility index (Phi) is 3.37. The first-order valence-electron chi connectivity index (χ1n) is 5.42. The van der Waals surface area contributed by atoms with Crippen LogP contribution in [0.4, 0.5) is 13.2 Å². The van der Waals surface area contributed by atoms with Gasteiger partial charge in [-0.25, -0.2) is 9.78 Å². The number of esters is 1. The van der Waals surface area contributed by atoms with Crippen LogP contribution in [0.1, 0.15) is 23.0 Å². The second kappa shape index (κ2) is 4.83. The minimum atomic E-state index is -4.72. The number of hydrogen-bond donors (Lipinski definition) is 0. The maximum absolute atomic E-state index is 12.9. The monoisotopic (exact) mass is 270 g/mol. The molecule has 0 fully saturated rings. The van der Waals surface area contributed by atoms with Crippen molar-refractivity contribution >= 4 is 16.9 Å². The van der Waals surface area contributed by atoms with Crippen molar-refractivity contribution in [3.8, 4) is 0 Å². The highest BCUT2D eigenvalue weighted by atomic mass is 19.4. The maximum atomic E-state index is 12.9. The van der Waals surface area contributed by atoms with Crippen LogP contribution in [0.15, 0.2) is 24.5 Å². The van der Waals surface area contributed by atoms with Crippen molar-refractivity contribution in [1.29, 1.82) is 0 Å². The molecule has 2 aromatic heterocycles. The minimum absolute atomic E-state index is 0.0127. The van der Waals surface area contributed by atoms with Gasteiger partial charge < -0.3 is 4.74 Å². The van der Waals surface area contributed by atoms with Gasteiger partial charge in [0.25, 0.3) is 0 Å². The molecule has 0 saturated heterocycles. The largest absolute Gasteiger partial charge is 0.462 e. The molecule has 0 aliphatic carbocycles. The molecule has 0 N–H and O–H groups in total. The number of carbonyl (C=O) groups excluding carboxylic acids is 1. The lowest BCUT2D eigenvalue weighted by Gasteiger charge is -2.12. The zero-order valence-electron chi connectivity index (χ0n) is 9.86. The van der Waals surface area contributed by atoms with E-state index in [1.165, 1.54) is 25.4 Å². The predicted octanol–water partition coefficient (Wildman–Crippen LogP) is 2.83. The number of carbonyl (C=O) groups is 1. The summed E-state index contributed by atoms with van der Waals surface area (Å²) in [6, 6.07) is 2.44. The molecule has 2 rings (SSSR count). The number of pyridine rings is 2. The van der Waals surface area contributed by atoms with Crippen LogP contribution in [0.2, 0.25) is 0 Å². The number of ether oxygens (including phenoxy) is 1. The first-order chi connectivity index (χ1) is 8.93. The second-order valence-corrected chi connectivity index (χ2v) is 3.67. The summed E-state index contributed by atoms with van der Waals surface area (Å²) < 4.78 is 43.3. The van der Waals surface area contributed by atoms with E-state index in [1.807, 2.05) is 0 Å². The van der Waals surface area contributed by atoms with E-state index in [4.69, 9.17) is 0 Å². The van der Waals surface area contributed by atoms with Crippen LogP contribution in [0, 0.1) is 0 Å². The highest BCUT2D eigenvalue weighted by Crippen LogP contribution is 2.32. The number of nitrogens with zero attached hydrogens (tertiary/aromatic N) is 2. The van der Waals surface area contributed by atoms with E-state index in [0.29, 0.717) is 5.39 Å². The third-order valence-electron chi connectivity index (χ3n) is 2.38. The lowest BCUT2D eigenvalue weighted by molar-refractivity contribution is -0.141. The minimum Gasteiger partial charge on any atom is -0.462 e. The smallest absolute Gasteiger partial charge is 0.434 e. The van der Waals surface area contributed by atoms with Gasteiger partial charge in [-0.2, -0.15) is 13.2 Å².